The van der Waals surface area contributed by atoms with Crippen LogP contribution >= 0.6 is 0 Å². The second-order valence-electron chi connectivity index (χ2n) is 3.82. The van der Waals surface area contributed by atoms with E-state index in [1.54, 1.807) is 6.20 Å². The van der Waals surface area contributed by atoms with Crippen LogP contribution in [0, 0.1) is 12.8 Å². The van der Waals surface area contributed by atoms with Gasteiger partial charge in [0, 0.05) is 18.3 Å². The number of nitrogens with zero attached hydrogens (tertiary/aromatic N) is 2. The van der Waals surface area contributed by atoms with Gasteiger partial charge in [-0.1, -0.05) is 0 Å². The van der Waals surface area contributed by atoms with Gasteiger partial charge in [-0.2, -0.15) is 0 Å². The summed E-state index contributed by atoms with van der Waals surface area (Å²) in [5.41, 5.74) is 8.20. The molecule has 0 aromatic carbocycles. The lowest BCUT2D eigenvalue weighted by Crippen LogP contribution is -2.14. The molecular formula is C11H15N3. The van der Waals surface area contributed by atoms with Crippen molar-refractivity contribution in [2.75, 3.05) is 0 Å². The number of hydrogen-bond donors (Lipinski definition) is 1. The molecule has 0 atom stereocenters. The Labute approximate surface area is 84.1 Å². The highest BCUT2D eigenvalue weighted by Crippen LogP contribution is 2.28. The number of aryl methyl sites for hydroxylation is 1. The minimum absolute atomic E-state index is 0.567. The summed E-state index contributed by atoms with van der Waals surface area (Å²) in [6.07, 6.45) is 6.08. The molecule has 0 amide bonds. The average molecular weight is 189 g/mol. The maximum absolute atomic E-state index is 5.81. The third kappa shape index (κ3) is 2.10. The van der Waals surface area contributed by atoms with Gasteiger partial charge in [-0.05, 0) is 37.0 Å². The summed E-state index contributed by atoms with van der Waals surface area (Å²) in [6, 6.07) is 2.00. The van der Waals surface area contributed by atoms with Crippen molar-refractivity contribution in [1.82, 2.24) is 4.98 Å². The molecule has 3 nitrogen and oxygen atoms in total. The Hall–Kier alpha value is -1.38. The first kappa shape index (κ1) is 9.19. The van der Waals surface area contributed by atoms with Crippen LogP contribution in [0.4, 0.5) is 0 Å². The van der Waals surface area contributed by atoms with Crippen LogP contribution in [-0.2, 0) is 6.54 Å². The van der Waals surface area contributed by atoms with Crippen LogP contribution in [0.2, 0.25) is 0 Å². The maximum atomic E-state index is 5.81. The zero-order valence-electron chi connectivity index (χ0n) is 8.40. The van der Waals surface area contributed by atoms with Gasteiger partial charge in [-0.3, -0.25) is 9.98 Å². The predicted molar refractivity (Wildman–Crippen MR) is 57.0 cm³/mol. The van der Waals surface area contributed by atoms with Crippen molar-refractivity contribution in [1.29, 1.82) is 0 Å². The van der Waals surface area contributed by atoms with Crippen LogP contribution in [0.5, 0.6) is 0 Å². The van der Waals surface area contributed by atoms with E-state index in [9.17, 15) is 0 Å². The topological polar surface area (TPSA) is 51.3 Å². The standard InChI is InChI=1S/C11H15N3/c1-8-6-13-5-4-10(8)7-14-11(12)9-2-3-9/h4-6,9H,2-3,7H2,1H3,(H2,12,14). The van der Waals surface area contributed by atoms with Crippen LogP contribution < -0.4 is 5.73 Å². The molecule has 0 bridgehead atoms. The van der Waals surface area contributed by atoms with Gasteiger partial charge in [0.15, 0.2) is 0 Å². The molecule has 74 valence electrons. The summed E-state index contributed by atoms with van der Waals surface area (Å²) in [7, 11) is 0. The minimum atomic E-state index is 0.567. The van der Waals surface area contributed by atoms with Gasteiger partial charge in [-0.15, -0.1) is 0 Å². The third-order valence-electron chi connectivity index (χ3n) is 2.56. The van der Waals surface area contributed by atoms with E-state index in [2.05, 4.69) is 9.98 Å². The van der Waals surface area contributed by atoms with E-state index in [1.165, 1.54) is 24.0 Å². The average Bonchev–Trinajstić information content (AvgIpc) is 2.99. The molecule has 14 heavy (non-hydrogen) atoms. The zero-order chi connectivity index (χ0) is 9.97. The molecule has 1 aromatic rings. The van der Waals surface area contributed by atoms with Crippen LogP contribution in [0.3, 0.4) is 0 Å². The normalized spacial score (nSPS) is 17.1. The Kier molecular flexibility index (Phi) is 2.48. The van der Waals surface area contributed by atoms with Crippen molar-refractivity contribution in [3.63, 3.8) is 0 Å². The second-order valence-corrected chi connectivity index (χ2v) is 3.82. The summed E-state index contributed by atoms with van der Waals surface area (Å²) < 4.78 is 0. The van der Waals surface area contributed by atoms with Gasteiger partial charge in [0.2, 0.25) is 0 Å². The molecule has 1 heterocycles. The fraction of sp³-hybridized carbons (Fsp3) is 0.455. The first-order valence-electron chi connectivity index (χ1n) is 4.96. The molecule has 0 unspecified atom stereocenters. The van der Waals surface area contributed by atoms with Gasteiger partial charge in [0.1, 0.15) is 0 Å². The molecule has 3 heteroatoms. The van der Waals surface area contributed by atoms with Gasteiger partial charge in [0.25, 0.3) is 0 Å². The molecule has 0 radical (unpaired) electrons. The Morgan fingerprint density at radius 3 is 3.07 bits per heavy atom. The third-order valence-corrected chi connectivity index (χ3v) is 2.56. The summed E-state index contributed by atoms with van der Waals surface area (Å²) in [5.74, 6) is 1.39. The van der Waals surface area contributed by atoms with E-state index in [0.29, 0.717) is 12.5 Å². The summed E-state index contributed by atoms with van der Waals surface area (Å²) in [6.45, 7) is 2.74. The van der Waals surface area contributed by atoms with Crippen LogP contribution in [-0.4, -0.2) is 10.8 Å². The fourth-order valence-electron chi connectivity index (χ4n) is 1.36. The van der Waals surface area contributed by atoms with Crippen molar-refractivity contribution < 1.29 is 0 Å². The number of aliphatic imine (C=N–C) groups is 1. The van der Waals surface area contributed by atoms with E-state index in [4.69, 9.17) is 5.73 Å². The fourth-order valence-corrected chi connectivity index (χ4v) is 1.36. The van der Waals surface area contributed by atoms with Gasteiger partial charge >= 0.3 is 0 Å². The van der Waals surface area contributed by atoms with Crippen molar-refractivity contribution in [2.24, 2.45) is 16.6 Å². The van der Waals surface area contributed by atoms with Crippen LogP contribution in [0.25, 0.3) is 0 Å². The largest absolute Gasteiger partial charge is 0.387 e. The second kappa shape index (κ2) is 3.78. The summed E-state index contributed by atoms with van der Waals surface area (Å²) in [4.78, 5) is 8.42. The molecule has 2 rings (SSSR count). The van der Waals surface area contributed by atoms with Crippen molar-refractivity contribution in [3.05, 3.63) is 29.6 Å². The predicted octanol–water partition coefficient (Wildman–Crippen LogP) is 1.66. The van der Waals surface area contributed by atoms with Crippen LogP contribution in [0.1, 0.15) is 24.0 Å². The van der Waals surface area contributed by atoms with Gasteiger partial charge < -0.3 is 5.73 Å². The maximum Gasteiger partial charge on any atom is 0.0972 e. The molecular weight excluding hydrogens is 174 g/mol. The SMILES string of the molecule is Cc1cnccc1CN=C(N)C1CC1. The first-order valence-corrected chi connectivity index (χ1v) is 4.96. The molecule has 0 spiro atoms. The number of hydrogen-bond acceptors (Lipinski definition) is 2. The number of nitrogens with two attached hydrogens (primary N) is 1. The number of rotatable bonds is 3. The molecule has 1 aliphatic carbocycles. The zero-order valence-corrected chi connectivity index (χ0v) is 8.40. The van der Waals surface area contributed by atoms with Gasteiger partial charge in [0.05, 0.1) is 12.4 Å². The first-order chi connectivity index (χ1) is 6.77. The molecule has 1 aromatic heterocycles. The smallest absolute Gasteiger partial charge is 0.0972 e. The highest BCUT2D eigenvalue weighted by molar-refractivity contribution is 5.84. The lowest BCUT2D eigenvalue weighted by Gasteiger charge is -2.02. The molecule has 0 saturated heterocycles. The highest BCUT2D eigenvalue weighted by atomic mass is 14.9. The molecule has 1 aliphatic rings. The van der Waals surface area contributed by atoms with E-state index < -0.39 is 0 Å². The molecule has 1 saturated carbocycles. The lowest BCUT2D eigenvalue weighted by atomic mass is 10.1. The Morgan fingerprint density at radius 2 is 2.43 bits per heavy atom. The van der Waals surface area contributed by atoms with Gasteiger partial charge in [-0.25, -0.2) is 0 Å². The van der Waals surface area contributed by atoms with Crippen molar-refractivity contribution in [2.45, 2.75) is 26.3 Å². The molecule has 1 fully saturated rings. The van der Waals surface area contributed by atoms with E-state index in [0.717, 1.165) is 5.84 Å². The van der Waals surface area contributed by atoms with Crippen molar-refractivity contribution >= 4 is 5.84 Å². The quantitative estimate of drug-likeness (QED) is 0.580. The summed E-state index contributed by atoms with van der Waals surface area (Å²) >= 11 is 0. The van der Waals surface area contributed by atoms with E-state index in [-0.39, 0.29) is 0 Å². The van der Waals surface area contributed by atoms with Crippen molar-refractivity contribution in [3.8, 4) is 0 Å². The van der Waals surface area contributed by atoms with E-state index in [1.807, 2.05) is 19.2 Å². The van der Waals surface area contributed by atoms with Crippen LogP contribution in [0.15, 0.2) is 23.5 Å². The van der Waals surface area contributed by atoms with E-state index >= 15 is 0 Å². The summed E-state index contributed by atoms with van der Waals surface area (Å²) in [5, 5.41) is 0. The Morgan fingerprint density at radius 1 is 1.64 bits per heavy atom. The Bertz CT molecular complexity index is 353. The lowest BCUT2D eigenvalue weighted by molar-refractivity contribution is 0.996. The highest BCUT2D eigenvalue weighted by Gasteiger charge is 2.25. The molecule has 0 aliphatic heterocycles. The Balaban J connectivity index is 2.03. The minimum Gasteiger partial charge on any atom is -0.387 e. The molecule has 2 N–H and O–H groups in total. The number of aromatic nitrogens is 1. The monoisotopic (exact) mass is 189 g/mol. The number of pyridine rings is 1. The number of amidine groups is 1.